The van der Waals surface area contributed by atoms with Crippen LogP contribution in [0.2, 0.25) is 0 Å². The minimum atomic E-state index is -3.34. The Morgan fingerprint density at radius 3 is 2.65 bits per heavy atom. The van der Waals surface area contributed by atoms with Crippen LogP contribution >= 0.6 is 0 Å². The summed E-state index contributed by atoms with van der Waals surface area (Å²) in [6.45, 7) is 1.80. The van der Waals surface area contributed by atoms with E-state index in [1.807, 2.05) is 6.07 Å². The van der Waals surface area contributed by atoms with E-state index in [4.69, 9.17) is 4.42 Å². The van der Waals surface area contributed by atoms with Crippen molar-refractivity contribution in [2.24, 2.45) is 0 Å². The molecule has 0 radical (unpaired) electrons. The van der Waals surface area contributed by atoms with Crippen molar-refractivity contribution in [2.45, 2.75) is 26.2 Å². The molecular formula is C16H20N2O4S. The van der Waals surface area contributed by atoms with Crippen LogP contribution in [0.4, 0.5) is 11.4 Å². The highest BCUT2D eigenvalue weighted by Crippen LogP contribution is 2.17. The highest BCUT2D eigenvalue weighted by atomic mass is 32.2. The zero-order chi connectivity index (χ0) is 16.7. The molecule has 0 saturated heterocycles. The van der Waals surface area contributed by atoms with Crippen LogP contribution in [-0.4, -0.2) is 20.1 Å². The molecule has 0 aliphatic carbocycles. The van der Waals surface area contributed by atoms with Crippen LogP contribution in [0.5, 0.6) is 0 Å². The molecule has 2 aromatic rings. The van der Waals surface area contributed by atoms with Crippen LogP contribution < -0.4 is 10.0 Å². The molecule has 0 saturated carbocycles. The van der Waals surface area contributed by atoms with Gasteiger partial charge in [0.2, 0.25) is 15.9 Å². The van der Waals surface area contributed by atoms with E-state index in [9.17, 15) is 13.2 Å². The number of carbonyl (C=O) groups excluding carboxylic acids is 1. The van der Waals surface area contributed by atoms with Gasteiger partial charge < -0.3 is 9.73 Å². The van der Waals surface area contributed by atoms with Gasteiger partial charge >= 0.3 is 0 Å². The Balaban J connectivity index is 1.92. The number of benzene rings is 1. The lowest BCUT2D eigenvalue weighted by molar-refractivity contribution is -0.116. The third kappa shape index (κ3) is 5.78. The van der Waals surface area contributed by atoms with Gasteiger partial charge in [0.25, 0.3) is 0 Å². The molecule has 0 spiro atoms. The van der Waals surface area contributed by atoms with Gasteiger partial charge in [0, 0.05) is 18.5 Å². The molecule has 1 aromatic carbocycles. The lowest BCUT2D eigenvalue weighted by Gasteiger charge is -2.09. The van der Waals surface area contributed by atoms with Gasteiger partial charge in [0.1, 0.15) is 5.76 Å². The van der Waals surface area contributed by atoms with E-state index in [1.165, 1.54) is 0 Å². The van der Waals surface area contributed by atoms with Crippen molar-refractivity contribution in [3.63, 3.8) is 0 Å². The summed E-state index contributed by atoms with van der Waals surface area (Å²) in [5, 5.41) is 2.75. The molecule has 6 nitrogen and oxygen atoms in total. The second kappa shape index (κ2) is 7.82. The first-order valence-electron chi connectivity index (χ1n) is 7.41. The van der Waals surface area contributed by atoms with Crippen molar-refractivity contribution in [1.82, 2.24) is 0 Å². The quantitative estimate of drug-likeness (QED) is 0.775. The molecule has 2 rings (SSSR count). The Bertz CT molecular complexity index is 739. The fourth-order valence-electron chi connectivity index (χ4n) is 2.07. The monoisotopic (exact) mass is 336 g/mol. The number of amides is 1. The second-order valence-electron chi connectivity index (χ2n) is 5.13. The molecular weight excluding hydrogens is 316 g/mol. The average molecular weight is 336 g/mol. The third-order valence-electron chi connectivity index (χ3n) is 3.07. The summed E-state index contributed by atoms with van der Waals surface area (Å²) in [5.74, 6) is 0.656. The van der Waals surface area contributed by atoms with Gasteiger partial charge in [-0.25, -0.2) is 8.42 Å². The predicted octanol–water partition coefficient (Wildman–Crippen LogP) is 3.00. The van der Waals surface area contributed by atoms with Crippen LogP contribution in [-0.2, 0) is 21.2 Å². The molecule has 1 amide bonds. The molecule has 2 N–H and O–H groups in total. The molecule has 0 bridgehead atoms. The molecule has 0 unspecified atom stereocenters. The van der Waals surface area contributed by atoms with E-state index >= 15 is 0 Å². The summed E-state index contributed by atoms with van der Waals surface area (Å²) in [4.78, 5) is 11.9. The van der Waals surface area contributed by atoms with E-state index in [-0.39, 0.29) is 11.7 Å². The van der Waals surface area contributed by atoms with Crippen LogP contribution in [0.15, 0.2) is 47.1 Å². The van der Waals surface area contributed by atoms with Crippen molar-refractivity contribution in [3.8, 4) is 0 Å². The number of hydrogen-bond acceptors (Lipinski definition) is 4. The summed E-state index contributed by atoms with van der Waals surface area (Å²) < 4.78 is 31.2. The van der Waals surface area contributed by atoms with Crippen LogP contribution in [0.1, 0.15) is 25.5 Å². The van der Waals surface area contributed by atoms with Gasteiger partial charge in [-0.15, -0.1) is 0 Å². The number of carbonyl (C=O) groups is 1. The fourth-order valence-corrected chi connectivity index (χ4v) is 3.20. The number of aryl methyl sites for hydroxylation is 1. The van der Waals surface area contributed by atoms with Crippen molar-refractivity contribution >= 4 is 27.3 Å². The largest absolute Gasteiger partial charge is 0.469 e. The van der Waals surface area contributed by atoms with Gasteiger partial charge in [-0.1, -0.05) is 13.0 Å². The van der Waals surface area contributed by atoms with Crippen molar-refractivity contribution in [1.29, 1.82) is 0 Å². The van der Waals surface area contributed by atoms with Crippen molar-refractivity contribution in [3.05, 3.63) is 48.4 Å². The number of sulfonamides is 1. The molecule has 0 atom stereocenters. The summed E-state index contributed by atoms with van der Waals surface area (Å²) in [7, 11) is -3.34. The first-order valence-corrected chi connectivity index (χ1v) is 9.06. The lowest BCUT2D eigenvalue weighted by atomic mass is 10.2. The van der Waals surface area contributed by atoms with Gasteiger partial charge in [0.05, 0.1) is 17.7 Å². The SMILES string of the molecule is CCCS(=O)(=O)Nc1cccc(NC(=O)CCc2ccco2)c1. The Morgan fingerprint density at radius 2 is 1.96 bits per heavy atom. The maximum absolute atomic E-state index is 11.9. The topological polar surface area (TPSA) is 88.4 Å². The first-order chi connectivity index (χ1) is 11.0. The van der Waals surface area contributed by atoms with E-state index in [1.54, 1.807) is 43.5 Å². The molecule has 7 heteroatoms. The molecule has 1 heterocycles. The molecule has 1 aromatic heterocycles. The number of anilines is 2. The minimum Gasteiger partial charge on any atom is -0.469 e. The minimum absolute atomic E-state index is 0.0622. The first kappa shape index (κ1) is 17.1. The molecule has 0 aliphatic rings. The average Bonchev–Trinajstić information content (AvgIpc) is 2.98. The van der Waals surface area contributed by atoms with Crippen molar-refractivity contribution < 1.29 is 17.6 Å². The molecule has 0 fully saturated rings. The Labute approximate surface area is 135 Å². The zero-order valence-corrected chi connectivity index (χ0v) is 13.7. The predicted molar refractivity (Wildman–Crippen MR) is 89.8 cm³/mol. The summed E-state index contributed by atoms with van der Waals surface area (Å²) in [6, 6.07) is 10.2. The number of nitrogens with one attached hydrogen (secondary N) is 2. The van der Waals surface area contributed by atoms with Crippen LogP contribution in [0.25, 0.3) is 0 Å². The smallest absolute Gasteiger partial charge is 0.232 e. The van der Waals surface area contributed by atoms with Gasteiger partial charge in [-0.05, 0) is 36.8 Å². The van der Waals surface area contributed by atoms with Gasteiger partial charge in [0.15, 0.2) is 0 Å². The molecule has 124 valence electrons. The third-order valence-corrected chi connectivity index (χ3v) is 4.56. The maximum atomic E-state index is 11.9. The van der Waals surface area contributed by atoms with E-state index in [0.717, 1.165) is 5.76 Å². The summed E-state index contributed by atoms with van der Waals surface area (Å²) in [6.07, 6.45) is 2.92. The number of hydrogen-bond donors (Lipinski definition) is 2. The Hall–Kier alpha value is -2.28. The zero-order valence-electron chi connectivity index (χ0n) is 12.9. The van der Waals surface area contributed by atoms with E-state index < -0.39 is 10.0 Å². The normalized spacial score (nSPS) is 11.2. The standard InChI is InChI=1S/C16H20N2O4S/c1-2-11-23(20,21)18-14-6-3-5-13(12-14)17-16(19)9-8-15-7-4-10-22-15/h3-7,10,12,18H,2,8-9,11H2,1H3,(H,17,19). The second-order valence-corrected chi connectivity index (χ2v) is 6.97. The van der Waals surface area contributed by atoms with Crippen LogP contribution in [0.3, 0.4) is 0 Å². The van der Waals surface area contributed by atoms with E-state index in [2.05, 4.69) is 10.0 Å². The molecule has 23 heavy (non-hydrogen) atoms. The summed E-state index contributed by atoms with van der Waals surface area (Å²) in [5.41, 5.74) is 0.980. The van der Waals surface area contributed by atoms with Crippen LogP contribution in [0, 0.1) is 0 Å². The number of rotatable bonds is 8. The Kier molecular flexibility index (Phi) is 5.81. The Morgan fingerprint density at radius 1 is 1.17 bits per heavy atom. The van der Waals surface area contributed by atoms with Crippen molar-refractivity contribution in [2.75, 3.05) is 15.8 Å². The van der Waals surface area contributed by atoms with E-state index in [0.29, 0.717) is 30.6 Å². The van der Waals surface area contributed by atoms with Gasteiger partial charge in [-0.2, -0.15) is 0 Å². The lowest BCUT2D eigenvalue weighted by Crippen LogP contribution is -2.16. The maximum Gasteiger partial charge on any atom is 0.232 e. The highest BCUT2D eigenvalue weighted by molar-refractivity contribution is 7.92. The number of furan rings is 1. The highest BCUT2D eigenvalue weighted by Gasteiger charge is 2.10. The fraction of sp³-hybridized carbons (Fsp3) is 0.312. The molecule has 0 aliphatic heterocycles. The summed E-state index contributed by atoms with van der Waals surface area (Å²) >= 11 is 0. The van der Waals surface area contributed by atoms with Gasteiger partial charge in [-0.3, -0.25) is 9.52 Å².